The summed E-state index contributed by atoms with van der Waals surface area (Å²) >= 11 is 6.03. The number of carbonyl (C=O) groups excluding carboxylic acids is 3. The van der Waals surface area contributed by atoms with E-state index in [2.05, 4.69) is 10.4 Å². The monoisotopic (exact) mass is 592 g/mol. The van der Waals surface area contributed by atoms with Crippen LogP contribution in [-0.2, 0) is 25.3 Å². The molecule has 0 bridgehead atoms. The molecule has 2 aromatic carbocycles. The molecule has 1 fully saturated rings. The predicted molar refractivity (Wildman–Crippen MR) is 147 cm³/mol. The largest absolute Gasteiger partial charge is 0.416 e. The third kappa shape index (κ3) is 7.65. The number of amides is 3. The van der Waals surface area contributed by atoms with Gasteiger partial charge in [0.1, 0.15) is 12.6 Å². The number of alkyl halides is 3. The molecule has 2 aliphatic heterocycles. The van der Waals surface area contributed by atoms with Crippen molar-refractivity contribution in [2.75, 3.05) is 33.4 Å². The Morgan fingerprint density at radius 2 is 1.83 bits per heavy atom. The summed E-state index contributed by atoms with van der Waals surface area (Å²) in [4.78, 5) is 41.5. The molecule has 4 rings (SSSR count). The summed E-state index contributed by atoms with van der Waals surface area (Å²) in [5, 5.41) is 8.62. The maximum absolute atomic E-state index is 13.4. The molecule has 12 heteroatoms. The Hall–Kier alpha value is -3.44. The molecule has 2 heterocycles. The van der Waals surface area contributed by atoms with Gasteiger partial charge in [-0.1, -0.05) is 35.9 Å². The second-order valence-electron chi connectivity index (χ2n) is 10.1. The first-order valence-electron chi connectivity index (χ1n) is 13.5. The lowest BCUT2D eigenvalue weighted by atomic mass is 9.92. The highest BCUT2D eigenvalue weighted by Gasteiger charge is 2.38. The van der Waals surface area contributed by atoms with Crippen LogP contribution in [0, 0.1) is 5.92 Å². The van der Waals surface area contributed by atoms with Crippen LogP contribution in [0.15, 0.2) is 53.6 Å². The number of benzene rings is 2. The van der Waals surface area contributed by atoms with Gasteiger partial charge in [0.05, 0.1) is 17.2 Å². The van der Waals surface area contributed by atoms with Crippen molar-refractivity contribution >= 4 is 35.0 Å². The zero-order chi connectivity index (χ0) is 29.6. The van der Waals surface area contributed by atoms with Crippen LogP contribution in [-0.4, -0.2) is 66.7 Å². The van der Waals surface area contributed by atoms with Crippen LogP contribution < -0.4 is 5.32 Å². The number of nitrogens with one attached hydrogen (secondary N) is 1. The van der Waals surface area contributed by atoms with Gasteiger partial charge in [0.25, 0.3) is 5.91 Å². The second kappa shape index (κ2) is 13.5. The van der Waals surface area contributed by atoms with E-state index in [1.807, 2.05) is 0 Å². The number of methoxy groups -OCH3 is 1. The third-order valence-electron chi connectivity index (χ3n) is 7.15. The van der Waals surface area contributed by atoms with Crippen LogP contribution in [0.4, 0.5) is 13.2 Å². The van der Waals surface area contributed by atoms with E-state index in [9.17, 15) is 27.6 Å². The number of rotatable bonds is 11. The van der Waals surface area contributed by atoms with E-state index in [0.29, 0.717) is 48.8 Å². The molecule has 8 nitrogen and oxygen atoms in total. The van der Waals surface area contributed by atoms with E-state index >= 15 is 0 Å². The molecule has 0 radical (unpaired) electrons. The lowest BCUT2D eigenvalue weighted by Gasteiger charge is -2.25. The van der Waals surface area contributed by atoms with Crippen LogP contribution in [0.2, 0.25) is 5.02 Å². The Labute approximate surface area is 241 Å². The van der Waals surface area contributed by atoms with Crippen LogP contribution in [0.1, 0.15) is 54.8 Å². The molecular formula is C29H32ClF3N4O4. The molecule has 0 aliphatic carbocycles. The van der Waals surface area contributed by atoms with Crippen molar-refractivity contribution in [2.45, 2.75) is 44.3 Å². The Balaban J connectivity index is 1.55. The van der Waals surface area contributed by atoms with Gasteiger partial charge in [-0.05, 0) is 67.5 Å². The van der Waals surface area contributed by atoms with Crippen molar-refractivity contribution in [1.82, 2.24) is 15.2 Å². The van der Waals surface area contributed by atoms with Gasteiger partial charge in [-0.25, -0.2) is 5.01 Å². The molecule has 0 aromatic heterocycles. The maximum atomic E-state index is 13.4. The lowest BCUT2D eigenvalue weighted by Crippen LogP contribution is -2.45. The van der Waals surface area contributed by atoms with Crippen LogP contribution in [0.3, 0.4) is 0 Å². The van der Waals surface area contributed by atoms with Crippen molar-refractivity contribution in [3.05, 3.63) is 70.2 Å². The minimum absolute atomic E-state index is 0.0131. The third-order valence-corrected chi connectivity index (χ3v) is 7.40. The number of likely N-dealkylation sites (tertiary alicyclic amines) is 1. The summed E-state index contributed by atoms with van der Waals surface area (Å²) < 4.78 is 45.4. The lowest BCUT2D eigenvalue weighted by molar-refractivity contribution is -0.139. The number of hydrogen-bond donors (Lipinski definition) is 1. The number of carbonyl (C=O) groups is 3. The normalized spacial score (nSPS) is 18.0. The van der Waals surface area contributed by atoms with E-state index in [-0.39, 0.29) is 11.5 Å². The molecule has 1 saturated heterocycles. The van der Waals surface area contributed by atoms with E-state index in [4.69, 9.17) is 16.3 Å². The molecule has 2 unspecified atom stereocenters. The smallest absolute Gasteiger partial charge is 0.385 e. The van der Waals surface area contributed by atoms with Crippen molar-refractivity contribution < 1.29 is 32.3 Å². The van der Waals surface area contributed by atoms with Gasteiger partial charge in [0.2, 0.25) is 11.8 Å². The van der Waals surface area contributed by atoms with Crippen LogP contribution in [0.25, 0.3) is 0 Å². The molecule has 0 spiro atoms. The zero-order valence-corrected chi connectivity index (χ0v) is 23.4. The van der Waals surface area contributed by atoms with E-state index < -0.39 is 42.1 Å². The number of halogens is 4. The topological polar surface area (TPSA) is 91.3 Å². The molecule has 0 saturated carbocycles. The Morgan fingerprint density at radius 3 is 2.49 bits per heavy atom. The minimum Gasteiger partial charge on any atom is -0.385 e. The fourth-order valence-corrected chi connectivity index (χ4v) is 5.16. The molecule has 1 N–H and O–H groups in total. The molecule has 2 atom stereocenters. The first-order valence-corrected chi connectivity index (χ1v) is 13.9. The molecule has 3 amide bonds. The van der Waals surface area contributed by atoms with Gasteiger partial charge < -0.3 is 15.0 Å². The molecule has 41 heavy (non-hydrogen) atoms. The summed E-state index contributed by atoms with van der Waals surface area (Å²) in [6, 6.07) is 9.88. The fraction of sp³-hybridized carbons (Fsp3) is 0.448. The van der Waals surface area contributed by atoms with Crippen molar-refractivity contribution in [3.63, 3.8) is 0 Å². The van der Waals surface area contributed by atoms with Gasteiger partial charge in [0, 0.05) is 31.8 Å². The summed E-state index contributed by atoms with van der Waals surface area (Å²) in [6.07, 6.45) is -1.16. The summed E-state index contributed by atoms with van der Waals surface area (Å²) in [5.41, 5.74) is 0.277. The maximum Gasteiger partial charge on any atom is 0.416 e. The van der Waals surface area contributed by atoms with E-state index in [0.717, 1.165) is 36.4 Å². The Kier molecular flexibility index (Phi) is 10.0. The first kappa shape index (κ1) is 30.5. The Morgan fingerprint density at radius 1 is 1.12 bits per heavy atom. The van der Waals surface area contributed by atoms with Gasteiger partial charge >= 0.3 is 6.18 Å². The summed E-state index contributed by atoms with van der Waals surface area (Å²) in [6.45, 7) is 0.957. The fourth-order valence-electron chi connectivity index (χ4n) is 5.04. The second-order valence-corrected chi connectivity index (χ2v) is 10.5. The van der Waals surface area contributed by atoms with Gasteiger partial charge in [-0.3, -0.25) is 14.4 Å². The van der Waals surface area contributed by atoms with Gasteiger partial charge in [0.15, 0.2) is 0 Å². The highest BCUT2D eigenvalue weighted by molar-refractivity contribution is 6.30. The average Bonchev–Trinajstić information content (AvgIpc) is 3.59. The molecular weight excluding hydrogens is 561 g/mol. The zero-order valence-electron chi connectivity index (χ0n) is 22.6. The van der Waals surface area contributed by atoms with Crippen molar-refractivity contribution in [1.29, 1.82) is 0 Å². The highest BCUT2D eigenvalue weighted by atomic mass is 35.5. The summed E-state index contributed by atoms with van der Waals surface area (Å²) in [7, 11) is 1.60. The van der Waals surface area contributed by atoms with Crippen LogP contribution in [0.5, 0.6) is 0 Å². The summed E-state index contributed by atoms with van der Waals surface area (Å²) in [5.74, 6) is -2.17. The molecule has 2 aromatic rings. The number of unbranched alkanes of at least 4 members (excludes halogenated alkanes) is 1. The van der Waals surface area contributed by atoms with E-state index in [1.165, 1.54) is 17.0 Å². The quantitative estimate of drug-likeness (QED) is 0.379. The standard InChI is InChI=1S/C29H32ClF3N4O4/c1-41-16-5-2-9-23-25(19-10-12-22(30)13-11-19)35-37(27(23)39)18-24(38)34-26(28(40)36-14-3-4-15-36)20-7-6-8-21(17-20)29(31,32)33/h6-8,10-13,17,23,26H,2-5,9,14-16,18H2,1H3,(H,34,38). The first-order chi connectivity index (χ1) is 19.6. The number of hydrogen-bond acceptors (Lipinski definition) is 5. The number of nitrogens with zero attached hydrogens (tertiary/aromatic N) is 3. The SMILES string of the molecule is COCCCCC1C(=O)N(CC(=O)NC(C(=O)N2CCCC2)c2cccc(C(F)(F)F)c2)N=C1c1ccc(Cl)cc1. The van der Waals surface area contributed by atoms with Crippen molar-refractivity contribution in [2.24, 2.45) is 11.0 Å². The van der Waals surface area contributed by atoms with E-state index in [1.54, 1.807) is 31.4 Å². The van der Waals surface area contributed by atoms with Gasteiger partial charge in [-0.2, -0.15) is 18.3 Å². The van der Waals surface area contributed by atoms with Crippen molar-refractivity contribution in [3.8, 4) is 0 Å². The van der Waals surface area contributed by atoms with Gasteiger partial charge in [-0.15, -0.1) is 0 Å². The Bertz CT molecular complexity index is 1280. The predicted octanol–water partition coefficient (Wildman–Crippen LogP) is 4.82. The highest BCUT2D eigenvalue weighted by Crippen LogP contribution is 2.32. The number of ether oxygens (including phenoxy) is 1. The minimum atomic E-state index is -4.62. The van der Waals surface area contributed by atoms with Crippen LogP contribution >= 0.6 is 11.6 Å². The molecule has 220 valence electrons. The average molecular weight is 593 g/mol. The number of hydrazone groups is 1. The molecule has 2 aliphatic rings.